The number of aryl methyl sites for hydroxylation is 1. The zero-order valence-electron chi connectivity index (χ0n) is 12.8. The predicted octanol–water partition coefficient (Wildman–Crippen LogP) is 2.61. The fourth-order valence-electron chi connectivity index (χ4n) is 2.18. The minimum absolute atomic E-state index is 0.197. The first kappa shape index (κ1) is 15.5. The molecule has 2 heterocycles. The van der Waals surface area contributed by atoms with E-state index in [-0.39, 0.29) is 5.91 Å². The van der Waals surface area contributed by atoms with Crippen molar-refractivity contribution in [3.8, 4) is 5.69 Å². The molecular formula is C16H16BrN5O. The Labute approximate surface area is 142 Å². The minimum Gasteiger partial charge on any atom is -0.347 e. The third kappa shape index (κ3) is 3.19. The van der Waals surface area contributed by atoms with Crippen LogP contribution in [0.5, 0.6) is 0 Å². The van der Waals surface area contributed by atoms with Gasteiger partial charge in [0.05, 0.1) is 15.9 Å². The molecule has 1 aromatic carbocycles. The van der Waals surface area contributed by atoms with Crippen LogP contribution < -0.4 is 5.32 Å². The van der Waals surface area contributed by atoms with Crippen molar-refractivity contribution in [3.05, 3.63) is 64.1 Å². The molecule has 0 unspecified atom stereocenters. The average molecular weight is 374 g/mol. The monoisotopic (exact) mass is 373 g/mol. The van der Waals surface area contributed by atoms with Crippen LogP contribution in [0.15, 0.2) is 47.2 Å². The number of hydrogen-bond donors (Lipinski definition) is 1. The maximum atomic E-state index is 12.2. The molecule has 23 heavy (non-hydrogen) atoms. The Morgan fingerprint density at radius 2 is 2.04 bits per heavy atom. The van der Waals surface area contributed by atoms with Crippen molar-refractivity contribution in [2.24, 2.45) is 7.05 Å². The first-order valence-electron chi connectivity index (χ1n) is 7.12. The van der Waals surface area contributed by atoms with Crippen molar-refractivity contribution in [2.75, 3.05) is 0 Å². The number of carbonyl (C=O) groups is 1. The largest absolute Gasteiger partial charge is 0.347 e. The van der Waals surface area contributed by atoms with Gasteiger partial charge in [0, 0.05) is 26.0 Å². The van der Waals surface area contributed by atoms with E-state index < -0.39 is 0 Å². The van der Waals surface area contributed by atoms with Crippen molar-refractivity contribution in [2.45, 2.75) is 13.5 Å². The van der Waals surface area contributed by atoms with E-state index >= 15 is 0 Å². The molecule has 0 saturated heterocycles. The number of benzene rings is 1. The highest BCUT2D eigenvalue weighted by Crippen LogP contribution is 2.20. The second-order valence-corrected chi connectivity index (χ2v) is 5.96. The van der Waals surface area contributed by atoms with Crippen molar-refractivity contribution in [1.29, 1.82) is 0 Å². The molecule has 3 aromatic rings. The van der Waals surface area contributed by atoms with Crippen molar-refractivity contribution >= 4 is 21.8 Å². The summed E-state index contributed by atoms with van der Waals surface area (Å²) in [5.41, 5.74) is 3.31. The smallest absolute Gasteiger partial charge is 0.273 e. The number of amides is 1. The number of halogens is 1. The Hall–Kier alpha value is -2.41. The van der Waals surface area contributed by atoms with Crippen LogP contribution in [0.3, 0.4) is 0 Å². The molecule has 0 fully saturated rings. The molecule has 0 bridgehead atoms. The SMILES string of the molecule is Cc1c(Br)c(C(=O)NCc2ccc(-n3cccn3)cc2)nn1C. The first-order valence-corrected chi connectivity index (χ1v) is 7.92. The molecule has 118 valence electrons. The maximum Gasteiger partial charge on any atom is 0.273 e. The van der Waals surface area contributed by atoms with Crippen LogP contribution in [0.25, 0.3) is 5.69 Å². The fraction of sp³-hybridized carbons (Fsp3) is 0.188. The lowest BCUT2D eigenvalue weighted by molar-refractivity contribution is 0.0944. The molecule has 0 saturated carbocycles. The van der Waals surface area contributed by atoms with Gasteiger partial charge in [0.25, 0.3) is 5.91 Å². The lowest BCUT2D eigenvalue weighted by Gasteiger charge is -2.06. The van der Waals surface area contributed by atoms with Crippen molar-refractivity contribution in [1.82, 2.24) is 24.9 Å². The second-order valence-electron chi connectivity index (χ2n) is 5.17. The summed E-state index contributed by atoms with van der Waals surface area (Å²) in [4.78, 5) is 12.2. The van der Waals surface area contributed by atoms with Crippen molar-refractivity contribution < 1.29 is 4.79 Å². The fourth-order valence-corrected chi connectivity index (χ4v) is 2.70. The summed E-state index contributed by atoms with van der Waals surface area (Å²) < 4.78 is 4.19. The molecule has 1 N–H and O–H groups in total. The molecule has 0 atom stereocenters. The Kier molecular flexibility index (Phi) is 4.29. The van der Waals surface area contributed by atoms with Gasteiger partial charge in [-0.3, -0.25) is 9.48 Å². The topological polar surface area (TPSA) is 64.7 Å². The minimum atomic E-state index is -0.197. The number of rotatable bonds is 4. The first-order chi connectivity index (χ1) is 11.1. The number of hydrogen-bond acceptors (Lipinski definition) is 3. The number of nitrogens with zero attached hydrogens (tertiary/aromatic N) is 4. The molecule has 0 spiro atoms. The van der Waals surface area contributed by atoms with Crippen LogP contribution in [0, 0.1) is 6.92 Å². The van der Waals surface area contributed by atoms with Crippen LogP contribution in [0.4, 0.5) is 0 Å². The molecular weight excluding hydrogens is 358 g/mol. The number of carbonyl (C=O) groups excluding carboxylic acids is 1. The Balaban J connectivity index is 1.66. The summed E-state index contributed by atoms with van der Waals surface area (Å²) in [5, 5.41) is 11.3. The van der Waals surface area contributed by atoms with Gasteiger partial charge in [0.2, 0.25) is 0 Å². The van der Waals surface area contributed by atoms with Crippen LogP contribution in [-0.2, 0) is 13.6 Å². The Bertz CT molecular complexity index is 821. The molecule has 1 amide bonds. The van der Waals surface area contributed by atoms with Gasteiger partial charge in [-0.25, -0.2) is 4.68 Å². The van der Waals surface area contributed by atoms with Crippen LogP contribution in [0.1, 0.15) is 21.7 Å². The lowest BCUT2D eigenvalue weighted by atomic mass is 10.2. The number of aromatic nitrogens is 4. The van der Waals surface area contributed by atoms with Gasteiger partial charge in [0.15, 0.2) is 5.69 Å². The normalized spacial score (nSPS) is 10.7. The highest BCUT2D eigenvalue weighted by atomic mass is 79.9. The van der Waals surface area contributed by atoms with E-state index in [0.29, 0.717) is 12.2 Å². The summed E-state index contributed by atoms with van der Waals surface area (Å²) in [5.74, 6) is -0.197. The van der Waals surface area contributed by atoms with Crippen molar-refractivity contribution in [3.63, 3.8) is 0 Å². The molecule has 7 heteroatoms. The van der Waals surface area contributed by atoms with Gasteiger partial charge in [-0.2, -0.15) is 10.2 Å². The zero-order valence-corrected chi connectivity index (χ0v) is 14.4. The highest BCUT2D eigenvalue weighted by molar-refractivity contribution is 9.10. The van der Waals surface area contributed by atoms with E-state index in [1.807, 2.05) is 50.5 Å². The van der Waals surface area contributed by atoms with Crippen LogP contribution >= 0.6 is 15.9 Å². The standard InChI is InChI=1S/C16H16BrN5O/c1-11-14(17)15(20-21(11)2)16(23)18-10-12-4-6-13(7-5-12)22-9-3-8-19-22/h3-9H,10H2,1-2H3,(H,18,23). The van der Waals surface area contributed by atoms with E-state index in [1.54, 1.807) is 15.6 Å². The Morgan fingerprint density at radius 3 is 2.61 bits per heavy atom. The van der Waals surface area contributed by atoms with Gasteiger partial charge in [0.1, 0.15) is 0 Å². The molecule has 2 aromatic heterocycles. The van der Waals surface area contributed by atoms with Crippen LogP contribution in [0.2, 0.25) is 0 Å². The highest BCUT2D eigenvalue weighted by Gasteiger charge is 2.17. The summed E-state index contributed by atoms with van der Waals surface area (Å²) in [7, 11) is 1.81. The summed E-state index contributed by atoms with van der Waals surface area (Å²) in [6, 6.07) is 9.75. The van der Waals surface area contributed by atoms with E-state index in [2.05, 4.69) is 31.4 Å². The summed E-state index contributed by atoms with van der Waals surface area (Å²) in [6.07, 6.45) is 3.62. The molecule has 0 aliphatic rings. The molecule has 0 aliphatic carbocycles. The zero-order chi connectivity index (χ0) is 16.4. The van der Waals surface area contributed by atoms with Gasteiger partial charge in [-0.05, 0) is 46.6 Å². The third-order valence-corrected chi connectivity index (χ3v) is 4.58. The van der Waals surface area contributed by atoms with Gasteiger partial charge in [-0.1, -0.05) is 12.1 Å². The molecule has 6 nitrogen and oxygen atoms in total. The predicted molar refractivity (Wildman–Crippen MR) is 90.4 cm³/mol. The summed E-state index contributed by atoms with van der Waals surface area (Å²) >= 11 is 3.41. The third-order valence-electron chi connectivity index (χ3n) is 3.63. The van der Waals surface area contributed by atoms with E-state index in [4.69, 9.17) is 0 Å². The number of nitrogens with one attached hydrogen (secondary N) is 1. The molecule has 3 rings (SSSR count). The second kappa shape index (κ2) is 6.37. The average Bonchev–Trinajstić information content (AvgIpc) is 3.18. The van der Waals surface area contributed by atoms with E-state index in [0.717, 1.165) is 21.4 Å². The van der Waals surface area contributed by atoms with Gasteiger partial charge < -0.3 is 5.32 Å². The quantitative estimate of drug-likeness (QED) is 0.764. The van der Waals surface area contributed by atoms with Crippen LogP contribution in [-0.4, -0.2) is 25.5 Å². The lowest BCUT2D eigenvalue weighted by Crippen LogP contribution is -2.23. The van der Waals surface area contributed by atoms with Gasteiger partial charge in [-0.15, -0.1) is 0 Å². The van der Waals surface area contributed by atoms with E-state index in [1.165, 1.54) is 0 Å². The van der Waals surface area contributed by atoms with Gasteiger partial charge >= 0.3 is 0 Å². The van der Waals surface area contributed by atoms with E-state index in [9.17, 15) is 4.79 Å². The summed E-state index contributed by atoms with van der Waals surface area (Å²) in [6.45, 7) is 2.35. The molecule has 0 radical (unpaired) electrons. The maximum absolute atomic E-state index is 12.2. The Morgan fingerprint density at radius 1 is 1.30 bits per heavy atom. The molecule has 0 aliphatic heterocycles.